The van der Waals surface area contributed by atoms with Crippen LogP contribution in [0.4, 0.5) is 0 Å². The lowest BCUT2D eigenvalue weighted by Crippen LogP contribution is -2.67. The quantitative estimate of drug-likeness (QED) is 0.394. The average Bonchev–Trinajstić information content (AvgIpc) is 2.86. The van der Waals surface area contributed by atoms with E-state index in [9.17, 15) is 5.26 Å². The maximum absolute atomic E-state index is 10.4. The fraction of sp³-hybridized carbons (Fsp3) is 0.393. The number of hydrogen-bond donors (Lipinski definition) is 0. The molecule has 0 bridgehead atoms. The van der Waals surface area contributed by atoms with Gasteiger partial charge in [-0.2, -0.15) is 5.26 Å². The highest BCUT2D eigenvalue weighted by molar-refractivity contribution is 5.70. The van der Waals surface area contributed by atoms with E-state index in [1.807, 2.05) is 101 Å². The topological polar surface area (TPSA) is 69.9 Å². The molecule has 1 aliphatic rings. The molecule has 2 aromatic carbocycles. The smallest absolute Gasteiger partial charge is 0.385 e. The van der Waals surface area contributed by atoms with Crippen LogP contribution in [0.25, 0.3) is 11.8 Å². The van der Waals surface area contributed by atoms with Crippen LogP contribution < -0.4 is 0 Å². The Labute approximate surface area is 202 Å². The molecule has 0 saturated heterocycles. The van der Waals surface area contributed by atoms with Gasteiger partial charge < -0.3 is 23.7 Å². The summed E-state index contributed by atoms with van der Waals surface area (Å²) in [6, 6.07) is 21.7. The zero-order valence-electron chi connectivity index (χ0n) is 20.3. The largest absolute Gasteiger partial charge is 0.433 e. The molecule has 180 valence electrons. The minimum absolute atomic E-state index is 0.279. The predicted octanol–water partition coefficient (Wildman–Crippen LogP) is 5.78. The van der Waals surface area contributed by atoms with Crippen LogP contribution in [0.2, 0.25) is 0 Å². The van der Waals surface area contributed by atoms with Crippen LogP contribution in [0.15, 0.2) is 72.3 Å². The van der Waals surface area contributed by atoms with Gasteiger partial charge in [-0.1, -0.05) is 72.8 Å². The lowest BCUT2D eigenvalue weighted by atomic mass is 9.83. The van der Waals surface area contributed by atoms with Gasteiger partial charge in [0.15, 0.2) is 0 Å². The van der Waals surface area contributed by atoms with E-state index >= 15 is 0 Å². The molecule has 6 heteroatoms. The Bertz CT molecular complexity index is 998. The lowest BCUT2D eigenvalue weighted by molar-refractivity contribution is -0.492. The zero-order valence-corrected chi connectivity index (χ0v) is 20.3. The van der Waals surface area contributed by atoms with Crippen molar-refractivity contribution in [3.8, 4) is 6.07 Å². The summed E-state index contributed by atoms with van der Waals surface area (Å²) < 4.78 is 31.5. The number of ether oxygens (including phenoxy) is 5. The van der Waals surface area contributed by atoms with E-state index in [0.717, 1.165) is 11.1 Å². The minimum atomic E-state index is -1.74. The molecule has 0 radical (unpaired) electrons. The van der Waals surface area contributed by atoms with Gasteiger partial charge in [-0.15, -0.1) is 0 Å². The third-order valence-corrected chi connectivity index (χ3v) is 5.45. The van der Waals surface area contributed by atoms with E-state index in [2.05, 4.69) is 6.07 Å². The average molecular weight is 464 g/mol. The molecular weight excluding hydrogens is 430 g/mol. The fourth-order valence-electron chi connectivity index (χ4n) is 4.21. The summed E-state index contributed by atoms with van der Waals surface area (Å²) in [6.07, 6.45) is 3.86. The molecule has 6 nitrogen and oxygen atoms in total. The van der Waals surface area contributed by atoms with Gasteiger partial charge in [0.2, 0.25) is 0 Å². The Hall–Kier alpha value is -2.95. The molecule has 34 heavy (non-hydrogen) atoms. The molecule has 0 amide bonds. The lowest BCUT2D eigenvalue weighted by Gasteiger charge is -2.52. The molecule has 0 aromatic heterocycles. The third-order valence-electron chi connectivity index (χ3n) is 5.45. The fourth-order valence-corrected chi connectivity index (χ4v) is 4.21. The first-order valence-corrected chi connectivity index (χ1v) is 11.8. The van der Waals surface area contributed by atoms with Gasteiger partial charge in [0, 0.05) is 18.8 Å². The second-order valence-electron chi connectivity index (χ2n) is 7.53. The highest BCUT2D eigenvalue weighted by atomic mass is 16.9. The summed E-state index contributed by atoms with van der Waals surface area (Å²) in [5, 5.41) is 10.4. The molecule has 1 atom stereocenters. The van der Waals surface area contributed by atoms with E-state index in [4.69, 9.17) is 23.7 Å². The van der Waals surface area contributed by atoms with E-state index < -0.39 is 17.7 Å². The Morgan fingerprint density at radius 3 is 1.85 bits per heavy atom. The van der Waals surface area contributed by atoms with Crippen LogP contribution in [0.3, 0.4) is 0 Å². The summed E-state index contributed by atoms with van der Waals surface area (Å²) in [5.41, 5.74) is 2.09. The van der Waals surface area contributed by atoms with Crippen LogP contribution in [0, 0.1) is 17.2 Å². The standard InChI is InChI=1S/C28H33NO5/c1-5-30-27(31-6-2)25(20-19-22-15-11-9-12-16-22)24(21-29)26(23-17-13-10-14-18-23)34-28(27,32-7-3)33-8-4/h9-20,25H,5-8H2,1-4H3/b20-19+/t25-/m1/s1. The Balaban J connectivity index is 2.33. The summed E-state index contributed by atoms with van der Waals surface area (Å²) in [4.78, 5) is 0. The van der Waals surface area contributed by atoms with Crippen LogP contribution in [0.5, 0.6) is 0 Å². The number of nitriles is 1. The second-order valence-corrected chi connectivity index (χ2v) is 7.53. The Kier molecular flexibility index (Phi) is 9.03. The highest BCUT2D eigenvalue weighted by Crippen LogP contribution is 2.51. The molecule has 2 aromatic rings. The SMILES string of the molecule is CCOC1(OCC)OC(c2ccccc2)=C(C#N)[C@@H](/C=C/c2ccccc2)C1(OCC)OCC. The monoisotopic (exact) mass is 463 g/mol. The van der Waals surface area contributed by atoms with E-state index in [1.165, 1.54) is 0 Å². The van der Waals surface area contributed by atoms with Crippen molar-refractivity contribution in [1.82, 2.24) is 0 Å². The van der Waals surface area contributed by atoms with Crippen molar-refractivity contribution in [2.24, 2.45) is 5.92 Å². The maximum atomic E-state index is 10.4. The van der Waals surface area contributed by atoms with E-state index in [0.29, 0.717) is 24.5 Å². The van der Waals surface area contributed by atoms with Gasteiger partial charge in [-0.3, -0.25) is 0 Å². The first-order chi connectivity index (χ1) is 16.6. The summed E-state index contributed by atoms with van der Waals surface area (Å²) in [7, 11) is 0. The van der Waals surface area contributed by atoms with Crippen LogP contribution >= 0.6 is 0 Å². The number of rotatable bonds is 11. The first-order valence-electron chi connectivity index (χ1n) is 11.8. The molecule has 3 rings (SSSR count). The van der Waals surface area contributed by atoms with E-state index in [-0.39, 0.29) is 13.2 Å². The van der Waals surface area contributed by atoms with Crippen LogP contribution in [-0.4, -0.2) is 38.2 Å². The van der Waals surface area contributed by atoms with Gasteiger partial charge in [0.25, 0.3) is 5.79 Å². The van der Waals surface area contributed by atoms with Crippen molar-refractivity contribution in [1.29, 1.82) is 5.26 Å². The molecule has 0 fully saturated rings. The molecule has 0 saturated carbocycles. The molecule has 1 aliphatic heterocycles. The maximum Gasteiger partial charge on any atom is 0.385 e. The summed E-state index contributed by atoms with van der Waals surface area (Å²) in [6.45, 7) is 8.58. The van der Waals surface area contributed by atoms with Gasteiger partial charge in [-0.25, -0.2) is 0 Å². The van der Waals surface area contributed by atoms with Crippen molar-refractivity contribution in [2.75, 3.05) is 26.4 Å². The summed E-state index contributed by atoms with van der Waals surface area (Å²) >= 11 is 0. The van der Waals surface area contributed by atoms with Gasteiger partial charge in [-0.05, 0) is 33.3 Å². The van der Waals surface area contributed by atoms with Crippen molar-refractivity contribution < 1.29 is 23.7 Å². The third kappa shape index (κ3) is 4.94. The zero-order chi connectivity index (χ0) is 24.4. The van der Waals surface area contributed by atoms with Crippen molar-refractivity contribution in [3.05, 3.63) is 83.4 Å². The normalized spacial score (nSPS) is 19.1. The molecule has 0 unspecified atom stereocenters. The molecular formula is C28H33NO5. The number of benzene rings is 2. The Morgan fingerprint density at radius 1 is 0.824 bits per heavy atom. The molecule has 0 aliphatic carbocycles. The summed E-state index contributed by atoms with van der Waals surface area (Å²) in [5.74, 6) is -3.60. The predicted molar refractivity (Wildman–Crippen MR) is 131 cm³/mol. The van der Waals surface area contributed by atoms with Crippen molar-refractivity contribution in [2.45, 2.75) is 39.5 Å². The Morgan fingerprint density at radius 2 is 1.35 bits per heavy atom. The van der Waals surface area contributed by atoms with Gasteiger partial charge in [0.1, 0.15) is 5.76 Å². The number of nitrogens with zero attached hydrogens (tertiary/aromatic N) is 1. The van der Waals surface area contributed by atoms with Crippen molar-refractivity contribution >= 4 is 11.8 Å². The van der Waals surface area contributed by atoms with Crippen LogP contribution in [0.1, 0.15) is 38.8 Å². The highest BCUT2D eigenvalue weighted by Gasteiger charge is 2.67. The van der Waals surface area contributed by atoms with Gasteiger partial charge in [0.05, 0.1) is 30.8 Å². The molecule has 0 spiro atoms. The van der Waals surface area contributed by atoms with Crippen molar-refractivity contribution in [3.63, 3.8) is 0 Å². The minimum Gasteiger partial charge on any atom is -0.433 e. The van der Waals surface area contributed by atoms with E-state index in [1.54, 1.807) is 0 Å². The van der Waals surface area contributed by atoms with Crippen LogP contribution in [-0.2, 0) is 23.7 Å². The first kappa shape index (κ1) is 25.7. The molecule has 0 N–H and O–H groups in total. The second kappa shape index (κ2) is 12.0. The van der Waals surface area contributed by atoms with Gasteiger partial charge >= 0.3 is 5.97 Å². The molecule has 1 heterocycles. The number of hydrogen-bond acceptors (Lipinski definition) is 6.